The maximum atomic E-state index is 12.3. The van der Waals surface area contributed by atoms with Crippen LogP contribution in [-0.4, -0.2) is 30.8 Å². The van der Waals surface area contributed by atoms with E-state index in [0.29, 0.717) is 11.1 Å². The lowest BCUT2D eigenvalue weighted by Crippen LogP contribution is -2.35. The van der Waals surface area contributed by atoms with Crippen molar-refractivity contribution in [2.75, 3.05) is 6.54 Å². The monoisotopic (exact) mass is 336 g/mol. The maximum absolute atomic E-state index is 12.3. The summed E-state index contributed by atoms with van der Waals surface area (Å²) in [5.74, 6) is -2.75. The highest BCUT2D eigenvalue weighted by Gasteiger charge is 2.41. The number of nitrogens with two attached hydrogens (primary N) is 1. The number of esters is 1. The number of hydrogen-bond acceptors (Lipinski definition) is 4. The summed E-state index contributed by atoms with van der Waals surface area (Å²) in [4.78, 5) is 22.3. The van der Waals surface area contributed by atoms with Crippen molar-refractivity contribution in [3.63, 3.8) is 0 Å². The molecule has 0 aliphatic carbocycles. The van der Waals surface area contributed by atoms with Crippen LogP contribution in [0.1, 0.15) is 28.8 Å². The zero-order chi connectivity index (χ0) is 17.5. The lowest BCUT2D eigenvalue weighted by atomic mass is 10.1. The van der Waals surface area contributed by atoms with E-state index in [2.05, 4.69) is 10.1 Å². The summed E-state index contributed by atoms with van der Waals surface area (Å²) in [7, 11) is 0. The minimum atomic E-state index is -5.09. The molecule has 0 spiro atoms. The number of carbonyl (C=O) groups is 2. The number of amides is 1. The number of halogens is 4. The second kappa shape index (κ2) is 8.47. The van der Waals surface area contributed by atoms with Crippen molar-refractivity contribution >= 4 is 11.9 Å². The van der Waals surface area contributed by atoms with Crippen molar-refractivity contribution in [2.45, 2.75) is 31.9 Å². The summed E-state index contributed by atoms with van der Waals surface area (Å²) in [6.45, 7) is -0.489. The Morgan fingerprint density at radius 2 is 1.83 bits per heavy atom. The van der Waals surface area contributed by atoms with Crippen molar-refractivity contribution in [3.05, 3.63) is 35.4 Å². The fourth-order valence-corrected chi connectivity index (χ4v) is 1.62. The van der Waals surface area contributed by atoms with Gasteiger partial charge in [0.2, 0.25) is 0 Å². The van der Waals surface area contributed by atoms with E-state index in [-0.39, 0.29) is 19.4 Å². The van der Waals surface area contributed by atoms with Gasteiger partial charge in [-0.15, -0.1) is 0 Å². The Hall–Kier alpha value is -2.16. The molecule has 0 aromatic heterocycles. The molecule has 1 aromatic carbocycles. The third kappa shape index (κ3) is 6.64. The Kier molecular flexibility index (Phi) is 6.95. The van der Waals surface area contributed by atoms with Crippen LogP contribution in [0.15, 0.2) is 24.3 Å². The second-order valence-electron chi connectivity index (χ2n) is 4.67. The van der Waals surface area contributed by atoms with Gasteiger partial charge in [-0.3, -0.25) is 10.5 Å². The normalized spacial score (nSPS) is 12.6. The quantitative estimate of drug-likeness (QED) is 0.346. The summed E-state index contributed by atoms with van der Waals surface area (Å²) in [6, 6.07) is 5.87. The molecular weight excluding hydrogens is 320 g/mol. The fourth-order valence-electron chi connectivity index (χ4n) is 1.62. The fraction of sp³-hybridized carbons (Fsp3) is 0.429. The van der Waals surface area contributed by atoms with Gasteiger partial charge in [-0.2, -0.15) is 13.2 Å². The standard InChI is InChI=1S/C14H16F4N2O3/c15-8-9-3-5-10(6-4-9)12(21)20-7-1-2-11(19)23-13(22)14(16,17)18/h3-6,11H,1-2,7-8,19H2,(H,20,21). The third-order valence-corrected chi connectivity index (χ3v) is 2.81. The van der Waals surface area contributed by atoms with Gasteiger partial charge in [0.15, 0.2) is 6.23 Å². The first-order valence-electron chi connectivity index (χ1n) is 6.70. The lowest BCUT2D eigenvalue weighted by molar-refractivity contribution is -0.204. The summed E-state index contributed by atoms with van der Waals surface area (Å²) >= 11 is 0. The zero-order valence-corrected chi connectivity index (χ0v) is 12.0. The predicted molar refractivity (Wildman–Crippen MR) is 72.9 cm³/mol. The molecular formula is C14H16F4N2O3. The minimum absolute atomic E-state index is 0.0388. The number of alkyl halides is 4. The molecule has 0 radical (unpaired) electrons. The molecule has 1 rings (SSSR count). The molecule has 9 heteroatoms. The van der Waals surface area contributed by atoms with Crippen LogP contribution in [0.3, 0.4) is 0 Å². The van der Waals surface area contributed by atoms with Gasteiger partial charge in [-0.1, -0.05) is 12.1 Å². The summed E-state index contributed by atoms with van der Waals surface area (Å²) in [6.07, 6.45) is -6.30. The Balaban J connectivity index is 2.28. The van der Waals surface area contributed by atoms with E-state index in [4.69, 9.17) is 5.73 Å². The van der Waals surface area contributed by atoms with E-state index in [9.17, 15) is 27.2 Å². The largest absolute Gasteiger partial charge is 0.490 e. The zero-order valence-electron chi connectivity index (χ0n) is 12.0. The van der Waals surface area contributed by atoms with Crippen molar-refractivity contribution in [2.24, 2.45) is 5.73 Å². The Morgan fingerprint density at radius 1 is 1.22 bits per heavy atom. The van der Waals surface area contributed by atoms with Crippen LogP contribution in [-0.2, 0) is 16.2 Å². The van der Waals surface area contributed by atoms with E-state index in [0.717, 1.165) is 0 Å². The average Bonchev–Trinajstić information content (AvgIpc) is 2.50. The van der Waals surface area contributed by atoms with Gasteiger partial charge in [0.25, 0.3) is 5.91 Å². The number of benzene rings is 1. The summed E-state index contributed by atoms with van der Waals surface area (Å²) in [5.41, 5.74) is 6.01. The van der Waals surface area contributed by atoms with E-state index in [1.54, 1.807) is 0 Å². The topological polar surface area (TPSA) is 81.4 Å². The van der Waals surface area contributed by atoms with Gasteiger partial charge in [0.05, 0.1) is 0 Å². The van der Waals surface area contributed by atoms with Crippen molar-refractivity contribution in [1.29, 1.82) is 0 Å². The first-order valence-corrected chi connectivity index (χ1v) is 6.70. The summed E-state index contributed by atoms with van der Waals surface area (Å²) in [5, 5.41) is 2.52. The van der Waals surface area contributed by atoms with Crippen LogP contribution in [0.25, 0.3) is 0 Å². The van der Waals surface area contributed by atoms with Gasteiger partial charge < -0.3 is 10.1 Å². The Bertz CT molecular complexity index is 532. The van der Waals surface area contributed by atoms with Crippen molar-refractivity contribution in [3.8, 4) is 0 Å². The molecule has 0 heterocycles. The molecule has 0 aliphatic rings. The van der Waals surface area contributed by atoms with Gasteiger partial charge >= 0.3 is 12.1 Å². The van der Waals surface area contributed by atoms with Crippen LogP contribution >= 0.6 is 0 Å². The smallest absolute Gasteiger partial charge is 0.440 e. The number of hydrogen-bond donors (Lipinski definition) is 2. The molecule has 0 bridgehead atoms. The van der Waals surface area contributed by atoms with Crippen molar-refractivity contribution < 1.29 is 31.9 Å². The Morgan fingerprint density at radius 3 is 2.35 bits per heavy atom. The molecule has 23 heavy (non-hydrogen) atoms. The van der Waals surface area contributed by atoms with Gasteiger partial charge in [-0.05, 0) is 30.5 Å². The predicted octanol–water partition coefficient (Wildman–Crippen LogP) is 2.06. The maximum Gasteiger partial charge on any atom is 0.490 e. The highest BCUT2D eigenvalue weighted by atomic mass is 19.4. The van der Waals surface area contributed by atoms with Crippen LogP contribution < -0.4 is 11.1 Å². The molecule has 0 saturated heterocycles. The highest BCUT2D eigenvalue weighted by Crippen LogP contribution is 2.17. The molecule has 1 unspecified atom stereocenters. The Labute approximate surface area is 129 Å². The first-order chi connectivity index (χ1) is 10.7. The average molecular weight is 336 g/mol. The molecule has 128 valence electrons. The van der Waals surface area contributed by atoms with E-state index >= 15 is 0 Å². The van der Waals surface area contributed by atoms with Gasteiger partial charge in [0, 0.05) is 12.1 Å². The molecule has 1 amide bonds. The number of ether oxygens (including phenoxy) is 1. The second-order valence-corrected chi connectivity index (χ2v) is 4.67. The number of carbonyl (C=O) groups excluding carboxylic acids is 2. The SMILES string of the molecule is NC(CCCNC(=O)c1ccc(CF)cc1)OC(=O)C(F)(F)F. The van der Waals surface area contributed by atoms with Gasteiger partial charge in [-0.25, -0.2) is 9.18 Å². The molecule has 0 fully saturated rings. The first kappa shape index (κ1) is 18.9. The molecule has 1 atom stereocenters. The minimum Gasteiger partial charge on any atom is -0.440 e. The number of rotatable bonds is 7. The van der Waals surface area contributed by atoms with Crippen LogP contribution in [0, 0.1) is 0 Å². The van der Waals surface area contributed by atoms with E-state index < -0.39 is 31.0 Å². The van der Waals surface area contributed by atoms with Crippen LogP contribution in [0.2, 0.25) is 0 Å². The molecule has 3 N–H and O–H groups in total. The van der Waals surface area contributed by atoms with Crippen LogP contribution in [0.5, 0.6) is 0 Å². The molecule has 0 aliphatic heterocycles. The van der Waals surface area contributed by atoms with Crippen molar-refractivity contribution in [1.82, 2.24) is 5.32 Å². The van der Waals surface area contributed by atoms with Crippen LogP contribution in [0.4, 0.5) is 17.6 Å². The third-order valence-electron chi connectivity index (χ3n) is 2.81. The molecule has 0 saturated carbocycles. The lowest BCUT2D eigenvalue weighted by Gasteiger charge is -2.14. The summed E-state index contributed by atoms with van der Waals surface area (Å²) < 4.78 is 52.1. The van der Waals surface area contributed by atoms with Gasteiger partial charge in [0.1, 0.15) is 6.67 Å². The van der Waals surface area contributed by atoms with E-state index in [1.165, 1.54) is 24.3 Å². The van der Waals surface area contributed by atoms with E-state index in [1.807, 2.05) is 0 Å². The highest BCUT2D eigenvalue weighted by molar-refractivity contribution is 5.94. The molecule has 5 nitrogen and oxygen atoms in total. The molecule has 1 aromatic rings. The number of nitrogens with one attached hydrogen (secondary N) is 1.